The molecule has 110 valence electrons. The summed E-state index contributed by atoms with van der Waals surface area (Å²) in [6, 6.07) is 11.7. The van der Waals surface area contributed by atoms with E-state index in [0.717, 1.165) is 17.9 Å². The van der Waals surface area contributed by atoms with E-state index in [1.807, 2.05) is 0 Å². The van der Waals surface area contributed by atoms with Crippen LogP contribution >= 0.6 is 0 Å². The fourth-order valence-electron chi connectivity index (χ4n) is 3.92. The molecule has 2 heteroatoms. The summed E-state index contributed by atoms with van der Waals surface area (Å²) in [6.07, 6.45) is 4.08. The number of hydrogen-bond acceptors (Lipinski definition) is 2. The van der Waals surface area contributed by atoms with E-state index >= 15 is 0 Å². The summed E-state index contributed by atoms with van der Waals surface area (Å²) in [5, 5.41) is 0. The molecule has 3 atom stereocenters. The summed E-state index contributed by atoms with van der Waals surface area (Å²) in [6.45, 7) is 9.87. The van der Waals surface area contributed by atoms with Crippen molar-refractivity contribution in [2.45, 2.75) is 39.2 Å². The Morgan fingerprint density at radius 2 is 1.70 bits per heavy atom. The number of benzene rings is 1. The highest BCUT2D eigenvalue weighted by Gasteiger charge is 2.40. The largest absolute Gasteiger partial charge is 0.371 e. The smallest absolute Gasteiger partial charge is 0.0366 e. The van der Waals surface area contributed by atoms with Crippen molar-refractivity contribution in [3.05, 3.63) is 30.3 Å². The highest BCUT2D eigenvalue weighted by Crippen LogP contribution is 2.35. The number of rotatable bonds is 5. The molecule has 0 aliphatic carbocycles. The van der Waals surface area contributed by atoms with Gasteiger partial charge in [-0.2, -0.15) is 0 Å². The summed E-state index contributed by atoms with van der Waals surface area (Å²) in [4.78, 5) is 5.33. The minimum absolute atomic E-state index is 0.783. The Morgan fingerprint density at radius 3 is 2.30 bits per heavy atom. The third-order valence-corrected chi connectivity index (χ3v) is 5.23. The monoisotopic (exact) mass is 272 g/mol. The van der Waals surface area contributed by atoms with Crippen molar-refractivity contribution in [2.24, 2.45) is 11.8 Å². The van der Waals surface area contributed by atoms with E-state index in [1.54, 1.807) is 0 Å². The Hall–Kier alpha value is -1.02. The maximum absolute atomic E-state index is 2.74. The summed E-state index contributed by atoms with van der Waals surface area (Å²) in [5.41, 5.74) is 1.41. The molecule has 0 amide bonds. The molecule has 1 aromatic carbocycles. The highest BCUT2D eigenvalue weighted by atomic mass is 15.2. The minimum atomic E-state index is 0.783. The maximum atomic E-state index is 2.74. The van der Waals surface area contributed by atoms with Crippen LogP contribution in [-0.2, 0) is 0 Å². The second kappa shape index (κ2) is 6.17. The average Bonchev–Trinajstić information content (AvgIpc) is 3.04. The van der Waals surface area contributed by atoms with Gasteiger partial charge in [-0.1, -0.05) is 38.0 Å². The van der Waals surface area contributed by atoms with Crippen LogP contribution in [0.1, 0.15) is 33.1 Å². The molecule has 1 aromatic rings. The second-order valence-electron chi connectivity index (χ2n) is 6.71. The third-order valence-electron chi connectivity index (χ3n) is 5.23. The Labute approximate surface area is 123 Å². The molecular weight excluding hydrogens is 244 g/mol. The van der Waals surface area contributed by atoms with Crippen LogP contribution in [-0.4, -0.2) is 37.1 Å². The fourth-order valence-corrected chi connectivity index (χ4v) is 3.92. The Kier molecular flexibility index (Phi) is 4.30. The van der Waals surface area contributed by atoms with Gasteiger partial charge in [0.2, 0.25) is 0 Å². The van der Waals surface area contributed by atoms with Crippen LogP contribution in [0.5, 0.6) is 0 Å². The molecular formula is C18H28N2. The van der Waals surface area contributed by atoms with Gasteiger partial charge in [0.25, 0.3) is 0 Å². The summed E-state index contributed by atoms with van der Waals surface area (Å²) >= 11 is 0. The number of anilines is 1. The van der Waals surface area contributed by atoms with E-state index in [2.05, 4.69) is 54.0 Å². The lowest BCUT2D eigenvalue weighted by Crippen LogP contribution is -2.34. The van der Waals surface area contributed by atoms with E-state index in [0.29, 0.717) is 0 Å². The molecule has 2 nitrogen and oxygen atoms in total. The molecule has 3 rings (SSSR count). The summed E-state index contributed by atoms with van der Waals surface area (Å²) in [7, 11) is 0. The number of unbranched alkanes of at least 4 members (excludes halogenated alkanes) is 1. The van der Waals surface area contributed by atoms with Crippen LogP contribution in [0.3, 0.4) is 0 Å². The van der Waals surface area contributed by atoms with Crippen LogP contribution in [0, 0.1) is 11.8 Å². The van der Waals surface area contributed by atoms with Gasteiger partial charge >= 0.3 is 0 Å². The Bertz CT molecular complexity index is 403. The molecule has 0 spiro atoms. The normalized spacial score (nSPS) is 27.8. The number of nitrogens with zero attached hydrogens (tertiary/aromatic N) is 2. The maximum Gasteiger partial charge on any atom is 0.0366 e. The molecule has 0 bridgehead atoms. The molecule has 0 aromatic heterocycles. The van der Waals surface area contributed by atoms with Crippen LogP contribution in [0.2, 0.25) is 0 Å². The molecule has 0 saturated carbocycles. The molecule has 0 radical (unpaired) electrons. The van der Waals surface area contributed by atoms with Crippen LogP contribution in [0.25, 0.3) is 0 Å². The first-order valence-corrected chi connectivity index (χ1v) is 8.32. The number of hydrogen-bond donors (Lipinski definition) is 0. The van der Waals surface area contributed by atoms with Crippen molar-refractivity contribution in [2.75, 3.05) is 31.1 Å². The van der Waals surface area contributed by atoms with E-state index in [9.17, 15) is 0 Å². The van der Waals surface area contributed by atoms with Gasteiger partial charge in [-0.15, -0.1) is 0 Å². The van der Waals surface area contributed by atoms with Crippen LogP contribution in [0.4, 0.5) is 5.69 Å². The van der Waals surface area contributed by atoms with Gasteiger partial charge in [0, 0.05) is 37.9 Å². The molecule has 2 saturated heterocycles. The van der Waals surface area contributed by atoms with Gasteiger partial charge in [0.1, 0.15) is 0 Å². The highest BCUT2D eigenvalue weighted by molar-refractivity contribution is 5.47. The predicted octanol–water partition coefficient (Wildman–Crippen LogP) is 3.63. The van der Waals surface area contributed by atoms with Gasteiger partial charge in [-0.05, 0) is 37.3 Å². The van der Waals surface area contributed by atoms with E-state index in [-0.39, 0.29) is 0 Å². The number of para-hydroxylation sites is 1. The zero-order valence-corrected chi connectivity index (χ0v) is 13.0. The van der Waals surface area contributed by atoms with Crippen LogP contribution in [0.15, 0.2) is 30.3 Å². The van der Waals surface area contributed by atoms with Gasteiger partial charge in [0.05, 0.1) is 0 Å². The molecule has 2 aliphatic rings. The lowest BCUT2D eigenvalue weighted by atomic mass is 10.0. The topological polar surface area (TPSA) is 6.48 Å². The first kappa shape index (κ1) is 13.9. The Morgan fingerprint density at radius 1 is 1.05 bits per heavy atom. The fraction of sp³-hybridized carbons (Fsp3) is 0.667. The van der Waals surface area contributed by atoms with Gasteiger partial charge in [0.15, 0.2) is 0 Å². The summed E-state index contributed by atoms with van der Waals surface area (Å²) in [5.74, 6) is 1.78. The minimum Gasteiger partial charge on any atom is -0.371 e. The number of likely N-dealkylation sites (tertiary alicyclic amines) is 1. The first-order valence-electron chi connectivity index (χ1n) is 8.32. The number of fused-ring (bicyclic) bond motifs is 1. The van der Waals surface area contributed by atoms with E-state index in [4.69, 9.17) is 0 Å². The van der Waals surface area contributed by atoms with Crippen molar-refractivity contribution in [1.82, 2.24) is 4.90 Å². The molecule has 20 heavy (non-hydrogen) atoms. The van der Waals surface area contributed by atoms with Crippen molar-refractivity contribution >= 4 is 5.69 Å². The van der Waals surface area contributed by atoms with E-state index in [1.165, 1.54) is 51.1 Å². The van der Waals surface area contributed by atoms with Crippen molar-refractivity contribution in [3.8, 4) is 0 Å². The van der Waals surface area contributed by atoms with Crippen molar-refractivity contribution in [3.63, 3.8) is 0 Å². The molecule has 2 aliphatic heterocycles. The lowest BCUT2D eigenvalue weighted by Gasteiger charge is -2.27. The van der Waals surface area contributed by atoms with Crippen molar-refractivity contribution in [1.29, 1.82) is 0 Å². The molecule has 2 heterocycles. The molecule has 2 fully saturated rings. The molecule has 3 unspecified atom stereocenters. The average molecular weight is 272 g/mol. The quantitative estimate of drug-likeness (QED) is 0.807. The lowest BCUT2D eigenvalue weighted by molar-refractivity contribution is 0.228. The SMILES string of the molecule is CCCCC(C)N1CC2CN(c3ccccc3)CC2C1. The Balaban J connectivity index is 1.54. The molecule has 0 N–H and O–H groups in total. The third kappa shape index (κ3) is 2.85. The first-order chi connectivity index (χ1) is 9.78. The van der Waals surface area contributed by atoms with Gasteiger partial charge in [-0.3, -0.25) is 4.90 Å². The predicted molar refractivity (Wildman–Crippen MR) is 86.2 cm³/mol. The zero-order valence-electron chi connectivity index (χ0n) is 13.0. The van der Waals surface area contributed by atoms with Crippen molar-refractivity contribution < 1.29 is 0 Å². The summed E-state index contributed by atoms with van der Waals surface area (Å²) < 4.78 is 0. The van der Waals surface area contributed by atoms with E-state index < -0.39 is 0 Å². The standard InChI is InChI=1S/C18H28N2/c1-3-4-8-15(2)19-11-16-13-20(14-17(16)12-19)18-9-6-5-7-10-18/h5-7,9-10,15-17H,3-4,8,11-14H2,1-2H3. The second-order valence-corrected chi connectivity index (χ2v) is 6.71. The van der Waals surface area contributed by atoms with Gasteiger partial charge < -0.3 is 4.90 Å². The zero-order chi connectivity index (χ0) is 13.9. The van der Waals surface area contributed by atoms with Crippen LogP contribution < -0.4 is 4.90 Å². The van der Waals surface area contributed by atoms with Gasteiger partial charge in [-0.25, -0.2) is 0 Å².